The van der Waals surface area contributed by atoms with Crippen LogP contribution in [0.3, 0.4) is 0 Å². The SMILES string of the molecule is CC1CC(NC(C)C2CCCCC2)CCO1. The molecule has 1 aliphatic heterocycles. The lowest BCUT2D eigenvalue weighted by molar-refractivity contribution is 0.00970. The van der Waals surface area contributed by atoms with Gasteiger partial charge in [0.1, 0.15) is 0 Å². The average molecular weight is 225 g/mol. The van der Waals surface area contributed by atoms with E-state index in [9.17, 15) is 0 Å². The van der Waals surface area contributed by atoms with Crippen molar-refractivity contribution >= 4 is 0 Å². The topological polar surface area (TPSA) is 21.3 Å². The molecule has 1 N–H and O–H groups in total. The molecule has 0 aromatic rings. The van der Waals surface area contributed by atoms with E-state index >= 15 is 0 Å². The Morgan fingerprint density at radius 3 is 2.56 bits per heavy atom. The fourth-order valence-electron chi connectivity index (χ4n) is 3.29. The van der Waals surface area contributed by atoms with E-state index in [1.807, 2.05) is 0 Å². The van der Waals surface area contributed by atoms with E-state index < -0.39 is 0 Å². The zero-order chi connectivity index (χ0) is 11.4. The molecule has 2 heteroatoms. The van der Waals surface area contributed by atoms with Gasteiger partial charge in [0.2, 0.25) is 0 Å². The second-order valence-corrected chi connectivity index (χ2v) is 5.76. The van der Waals surface area contributed by atoms with E-state index in [1.165, 1.54) is 44.9 Å². The molecule has 1 aliphatic carbocycles. The molecule has 2 rings (SSSR count). The molecule has 1 saturated heterocycles. The Labute approximate surface area is 100 Å². The van der Waals surface area contributed by atoms with Crippen molar-refractivity contribution in [3.8, 4) is 0 Å². The van der Waals surface area contributed by atoms with Gasteiger partial charge >= 0.3 is 0 Å². The van der Waals surface area contributed by atoms with Gasteiger partial charge in [-0.3, -0.25) is 0 Å². The summed E-state index contributed by atoms with van der Waals surface area (Å²) < 4.78 is 5.60. The predicted octanol–water partition coefficient (Wildman–Crippen LogP) is 3.11. The highest BCUT2D eigenvalue weighted by molar-refractivity contribution is 4.82. The maximum absolute atomic E-state index is 5.60. The molecule has 2 aliphatic rings. The van der Waals surface area contributed by atoms with Crippen molar-refractivity contribution in [2.24, 2.45) is 5.92 Å². The van der Waals surface area contributed by atoms with Crippen LogP contribution in [0.25, 0.3) is 0 Å². The maximum Gasteiger partial charge on any atom is 0.0561 e. The van der Waals surface area contributed by atoms with Crippen LogP contribution in [-0.2, 0) is 4.74 Å². The summed E-state index contributed by atoms with van der Waals surface area (Å²) in [5.41, 5.74) is 0. The van der Waals surface area contributed by atoms with Crippen molar-refractivity contribution in [2.45, 2.75) is 77.0 Å². The lowest BCUT2D eigenvalue weighted by atomic mass is 9.84. The van der Waals surface area contributed by atoms with Crippen molar-refractivity contribution in [1.29, 1.82) is 0 Å². The van der Waals surface area contributed by atoms with Crippen molar-refractivity contribution in [3.05, 3.63) is 0 Å². The van der Waals surface area contributed by atoms with E-state index in [2.05, 4.69) is 19.2 Å². The summed E-state index contributed by atoms with van der Waals surface area (Å²) in [7, 11) is 0. The minimum atomic E-state index is 0.449. The number of nitrogens with one attached hydrogen (secondary N) is 1. The van der Waals surface area contributed by atoms with E-state index in [0.717, 1.165) is 12.5 Å². The highest BCUT2D eigenvalue weighted by Crippen LogP contribution is 2.27. The summed E-state index contributed by atoms with van der Waals surface area (Å²) in [6.07, 6.45) is 10.1. The van der Waals surface area contributed by atoms with Crippen LogP contribution in [0.5, 0.6) is 0 Å². The third kappa shape index (κ3) is 3.46. The lowest BCUT2D eigenvalue weighted by Gasteiger charge is -2.35. The van der Waals surface area contributed by atoms with Gasteiger partial charge in [0, 0.05) is 18.7 Å². The highest BCUT2D eigenvalue weighted by atomic mass is 16.5. The molecule has 2 nitrogen and oxygen atoms in total. The third-order valence-electron chi connectivity index (χ3n) is 4.34. The number of rotatable bonds is 3. The van der Waals surface area contributed by atoms with Crippen LogP contribution >= 0.6 is 0 Å². The predicted molar refractivity (Wildman–Crippen MR) is 67.6 cm³/mol. The van der Waals surface area contributed by atoms with Crippen LogP contribution in [0.1, 0.15) is 58.8 Å². The molecule has 3 atom stereocenters. The van der Waals surface area contributed by atoms with Gasteiger partial charge in [-0.25, -0.2) is 0 Å². The summed E-state index contributed by atoms with van der Waals surface area (Å²) >= 11 is 0. The normalized spacial score (nSPS) is 34.9. The zero-order valence-electron chi connectivity index (χ0n) is 10.9. The first-order valence-corrected chi connectivity index (χ1v) is 7.13. The molecule has 0 aromatic heterocycles. The van der Waals surface area contributed by atoms with Crippen LogP contribution in [0.2, 0.25) is 0 Å². The quantitative estimate of drug-likeness (QED) is 0.797. The van der Waals surface area contributed by atoms with E-state index in [-0.39, 0.29) is 0 Å². The Bertz CT molecular complexity index is 201. The van der Waals surface area contributed by atoms with Crippen LogP contribution in [-0.4, -0.2) is 24.8 Å². The molecule has 16 heavy (non-hydrogen) atoms. The molecule has 3 unspecified atom stereocenters. The average Bonchev–Trinajstić information content (AvgIpc) is 2.30. The molecule has 94 valence electrons. The molecule has 0 aromatic carbocycles. The summed E-state index contributed by atoms with van der Waals surface area (Å²) in [4.78, 5) is 0. The molecule has 0 bridgehead atoms. The van der Waals surface area contributed by atoms with Crippen molar-refractivity contribution in [3.63, 3.8) is 0 Å². The molecule has 2 fully saturated rings. The highest BCUT2D eigenvalue weighted by Gasteiger charge is 2.25. The van der Waals surface area contributed by atoms with Gasteiger partial charge in [0.25, 0.3) is 0 Å². The van der Waals surface area contributed by atoms with Gasteiger partial charge in [0.15, 0.2) is 0 Å². The summed E-state index contributed by atoms with van der Waals surface area (Å²) in [6, 6.07) is 1.40. The molecule has 1 saturated carbocycles. The van der Waals surface area contributed by atoms with Gasteiger partial charge in [0.05, 0.1) is 6.10 Å². The van der Waals surface area contributed by atoms with Crippen LogP contribution in [0.4, 0.5) is 0 Å². The fourth-order valence-corrected chi connectivity index (χ4v) is 3.29. The fraction of sp³-hybridized carbons (Fsp3) is 1.00. The maximum atomic E-state index is 5.60. The van der Waals surface area contributed by atoms with Gasteiger partial charge in [-0.1, -0.05) is 19.3 Å². The Morgan fingerprint density at radius 1 is 1.12 bits per heavy atom. The van der Waals surface area contributed by atoms with Gasteiger partial charge in [-0.15, -0.1) is 0 Å². The number of hydrogen-bond acceptors (Lipinski definition) is 2. The molecule has 1 heterocycles. The monoisotopic (exact) mass is 225 g/mol. The summed E-state index contributed by atoms with van der Waals surface area (Å²) in [6.45, 7) is 5.52. The Kier molecular flexibility index (Phi) is 4.66. The van der Waals surface area contributed by atoms with Crippen molar-refractivity contribution in [1.82, 2.24) is 5.32 Å². The van der Waals surface area contributed by atoms with Crippen molar-refractivity contribution in [2.75, 3.05) is 6.61 Å². The minimum absolute atomic E-state index is 0.449. The molecule has 0 radical (unpaired) electrons. The van der Waals surface area contributed by atoms with Gasteiger partial charge in [-0.05, 0) is 45.4 Å². The zero-order valence-corrected chi connectivity index (χ0v) is 10.9. The van der Waals surface area contributed by atoms with Crippen LogP contribution in [0, 0.1) is 5.92 Å². The third-order valence-corrected chi connectivity index (χ3v) is 4.34. The first-order chi connectivity index (χ1) is 7.75. The number of ether oxygens (including phenoxy) is 1. The van der Waals surface area contributed by atoms with E-state index in [4.69, 9.17) is 4.74 Å². The Hall–Kier alpha value is -0.0800. The molecular weight excluding hydrogens is 198 g/mol. The number of hydrogen-bond donors (Lipinski definition) is 1. The molecule has 0 spiro atoms. The molecule has 0 amide bonds. The largest absolute Gasteiger partial charge is 0.378 e. The first-order valence-electron chi connectivity index (χ1n) is 7.13. The van der Waals surface area contributed by atoms with Gasteiger partial charge < -0.3 is 10.1 Å². The molecular formula is C14H27NO. The van der Waals surface area contributed by atoms with E-state index in [1.54, 1.807) is 0 Å². The van der Waals surface area contributed by atoms with Crippen LogP contribution in [0.15, 0.2) is 0 Å². The van der Waals surface area contributed by atoms with E-state index in [0.29, 0.717) is 18.2 Å². The smallest absolute Gasteiger partial charge is 0.0561 e. The second kappa shape index (κ2) is 6.02. The standard InChI is InChI=1S/C14H27NO/c1-11-10-14(8-9-16-11)15-12(2)13-6-4-3-5-7-13/h11-15H,3-10H2,1-2H3. The second-order valence-electron chi connectivity index (χ2n) is 5.76. The summed E-state index contributed by atoms with van der Waals surface area (Å²) in [5.74, 6) is 0.923. The van der Waals surface area contributed by atoms with Gasteiger partial charge in [-0.2, -0.15) is 0 Å². The Morgan fingerprint density at radius 2 is 1.88 bits per heavy atom. The van der Waals surface area contributed by atoms with Crippen LogP contribution < -0.4 is 5.32 Å². The first kappa shape index (κ1) is 12.4. The minimum Gasteiger partial charge on any atom is -0.378 e. The Balaban J connectivity index is 1.74. The summed E-state index contributed by atoms with van der Waals surface area (Å²) in [5, 5.41) is 3.84. The lowest BCUT2D eigenvalue weighted by Crippen LogP contribution is -2.45. The van der Waals surface area contributed by atoms with Crippen molar-refractivity contribution < 1.29 is 4.74 Å².